The Labute approximate surface area is 201 Å². The first-order valence-electron chi connectivity index (χ1n) is 11.3. The molecule has 0 aliphatic carbocycles. The minimum absolute atomic E-state index is 0.134. The zero-order valence-electron chi connectivity index (χ0n) is 20.1. The Kier molecular flexibility index (Phi) is 7.89. The van der Waals surface area contributed by atoms with Gasteiger partial charge in [-0.2, -0.15) is 0 Å². The number of carbonyl (C=O) groups excluding carboxylic acids is 1. The number of aryl methyl sites for hydroxylation is 1. The van der Waals surface area contributed by atoms with Gasteiger partial charge in [-0.3, -0.25) is 4.90 Å². The van der Waals surface area contributed by atoms with Crippen LogP contribution in [0.4, 0.5) is 4.79 Å². The molecule has 2 aromatic rings. The highest BCUT2D eigenvalue weighted by Gasteiger charge is 2.36. The number of hydrogen-bond donors (Lipinski definition) is 1. The fourth-order valence-corrected chi connectivity index (χ4v) is 5.33. The summed E-state index contributed by atoms with van der Waals surface area (Å²) in [5.41, 5.74) is 1.84. The monoisotopic (exact) mass is 477 g/mol. The Morgan fingerprint density at radius 3 is 2.56 bits per heavy atom. The Morgan fingerprint density at radius 2 is 1.94 bits per heavy atom. The number of ether oxygens (including phenoxy) is 1. The normalized spacial score (nSPS) is 16.7. The lowest BCUT2D eigenvalue weighted by atomic mass is 9.88. The second kappa shape index (κ2) is 10.1. The van der Waals surface area contributed by atoms with Gasteiger partial charge >= 0.3 is 6.09 Å². The van der Waals surface area contributed by atoms with Crippen LogP contribution < -0.4 is 5.32 Å². The first kappa shape index (κ1) is 25.0. The number of halogens is 1. The minimum Gasteiger partial charge on any atom is -0.444 e. The molecule has 3 rings (SSSR count). The van der Waals surface area contributed by atoms with Crippen LogP contribution in [0.1, 0.15) is 68.2 Å². The largest absolute Gasteiger partial charge is 0.444 e. The first-order chi connectivity index (χ1) is 15.0. The van der Waals surface area contributed by atoms with Crippen molar-refractivity contribution in [3.8, 4) is 0 Å². The molecule has 7 heteroatoms. The van der Waals surface area contributed by atoms with Crippen molar-refractivity contribution in [2.45, 2.75) is 71.9 Å². The number of benzene rings is 1. The molecule has 1 amide bonds. The maximum absolute atomic E-state index is 13.1. The van der Waals surface area contributed by atoms with E-state index < -0.39 is 5.60 Å². The van der Waals surface area contributed by atoms with Crippen LogP contribution in [-0.2, 0) is 24.0 Å². The molecule has 0 bridgehead atoms. The predicted octanol–water partition coefficient (Wildman–Crippen LogP) is 6.05. The number of carbonyl (C=O) groups is 1. The highest BCUT2D eigenvalue weighted by atomic mass is 35.5. The average Bonchev–Trinajstić information content (AvgIpc) is 3.11. The zero-order chi connectivity index (χ0) is 23.5. The van der Waals surface area contributed by atoms with Gasteiger partial charge in [-0.1, -0.05) is 37.6 Å². The molecule has 1 unspecified atom stereocenters. The van der Waals surface area contributed by atoms with Crippen LogP contribution in [-0.4, -0.2) is 41.7 Å². The van der Waals surface area contributed by atoms with Crippen molar-refractivity contribution in [2.24, 2.45) is 5.41 Å². The molecular weight excluding hydrogens is 442 g/mol. The van der Waals surface area contributed by atoms with Crippen LogP contribution in [0.15, 0.2) is 24.3 Å². The molecule has 1 aromatic carbocycles. The topological polar surface area (TPSA) is 54.5 Å². The van der Waals surface area contributed by atoms with Crippen molar-refractivity contribution in [1.29, 1.82) is 0 Å². The van der Waals surface area contributed by atoms with Gasteiger partial charge in [0, 0.05) is 22.9 Å². The van der Waals surface area contributed by atoms with Crippen LogP contribution in [0.25, 0.3) is 0 Å². The molecule has 5 nitrogen and oxygen atoms in total. The van der Waals surface area contributed by atoms with E-state index in [2.05, 4.69) is 19.2 Å². The zero-order valence-corrected chi connectivity index (χ0v) is 21.7. The third-order valence-electron chi connectivity index (χ3n) is 5.68. The predicted molar refractivity (Wildman–Crippen MR) is 133 cm³/mol. The van der Waals surface area contributed by atoms with Gasteiger partial charge in [0.2, 0.25) is 0 Å². The highest BCUT2D eigenvalue weighted by molar-refractivity contribution is 7.11. The minimum atomic E-state index is -0.533. The molecule has 176 valence electrons. The average molecular weight is 478 g/mol. The van der Waals surface area contributed by atoms with E-state index in [-0.39, 0.29) is 17.6 Å². The van der Waals surface area contributed by atoms with Crippen LogP contribution in [0.2, 0.25) is 5.02 Å². The second-order valence-electron chi connectivity index (χ2n) is 10.4. The van der Waals surface area contributed by atoms with Crippen LogP contribution in [0.5, 0.6) is 0 Å². The maximum Gasteiger partial charge on any atom is 0.410 e. The van der Waals surface area contributed by atoms with Crippen LogP contribution >= 0.6 is 22.9 Å². The number of fused-ring (bicyclic) bond motifs is 1. The smallest absolute Gasteiger partial charge is 0.410 e. The Balaban J connectivity index is 1.86. The fourth-order valence-electron chi connectivity index (χ4n) is 4.09. The second-order valence-corrected chi connectivity index (χ2v) is 12.0. The molecule has 1 aliphatic rings. The molecular formula is C25H36ClN3O2S. The third-order valence-corrected chi connectivity index (χ3v) is 7.13. The van der Waals surface area contributed by atoms with Crippen molar-refractivity contribution in [2.75, 3.05) is 20.1 Å². The maximum atomic E-state index is 13.1. The lowest BCUT2D eigenvalue weighted by Crippen LogP contribution is -2.43. The molecule has 0 saturated carbocycles. The summed E-state index contributed by atoms with van der Waals surface area (Å²) in [7, 11) is 2.00. The Bertz CT molecular complexity index is 918. The van der Waals surface area contributed by atoms with E-state index in [4.69, 9.17) is 21.3 Å². The van der Waals surface area contributed by atoms with Gasteiger partial charge in [-0.25, -0.2) is 9.78 Å². The molecule has 1 aromatic heterocycles. The fraction of sp³-hybridized carbons (Fsp3) is 0.600. The molecule has 1 N–H and O–H groups in total. The van der Waals surface area contributed by atoms with Crippen molar-refractivity contribution in [3.05, 3.63) is 50.4 Å². The van der Waals surface area contributed by atoms with Crippen LogP contribution in [0, 0.1) is 5.41 Å². The van der Waals surface area contributed by atoms with Gasteiger partial charge < -0.3 is 10.1 Å². The van der Waals surface area contributed by atoms with Gasteiger partial charge in [-0.15, -0.1) is 11.3 Å². The van der Waals surface area contributed by atoms with E-state index in [0.29, 0.717) is 18.0 Å². The standard InChI is InChI=1S/C25H36ClN3O2S/c1-24(2,3)31-23(30)29-14-12-20-22(19(29)15-17-7-9-18(26)10-8-17)28-21(32-20)11-13-25(4,5)16-27-6/h7-10,19,27H,11-16H2,1-6H3. The van der Waals surface area contributed by atoms with E-state index in [9.17, 15) is 4.79 Å². The summed E-state index contributed by atoms with van der Waals surface area (Å²) in [6, 6.07) is 7.71. The summed E-state index contributed by atoms with van der Waals surface area (Å²) in [5, 5.41) is 5.15. The van der Waals surface area contributed by atoms with E-state index in [1.165, 1.54) is 4.88 Å². The summed E-state index contributed by atoms with van der Waals surface area (Å²) in [6.07, 6.45) is 3.26. The molecule has 32 heavy (non-hydrogen) atoms. The number of rotatable bonds is 7. The Hall–Kier alpha value is -1.63. The molecule has 0 saturated heterocycles. The van der Waals surface area contributed by atoms with Crippen LogP contribution in [0.3, 0.4) is 0 Å². The summed E-state index contributed by atoms with van der Waals surface area (Å²) in [5.74, 6) is 0. The summed E-state index contributed by atoms with van der Waals surface area (Å²) < 4.78 is 5.74. The quantitative estimate of drug-likeness (QED) is 0.527. The number of nitrogens with zero attached hydrogens (tertiary/aromatic N) is 2. The highest BCUT2D eigenvalue weighted by Crippen LogP contribution is 2.37. The lowest BCUT2D eigenvalue weighted by molar-refractivity contribution is 0.0138. The number of hydrogen-bond acceptors (Lipinski definition) is 5. The summed E-state index contributed by atoms with van der Waals surface area (Å²) in [6.45, 7) is 11.9. The molecule has 0 spiro atoms. The number of thiazole rings is 1. The van der Waals surface area contributed by atoms with Gasteiger partial charge in [0.15, 0.2) is 0 Å². The van der Waals surface area contributed by atoms with Crippen molar-refractivity contribution < 1.29 is 9.53 Å². The van der Waals surface area contributed by atoms with Crippen molar-refractivity contribution in [3.63, 3.8) is 0 Å². The van der Waals surface area contributed by atoms with E-state index >= 15 is 0 Å². The van der Waals surface area contributed by atoms with E-state index in [0.717, 1.165) is 42.1 Å². The molecule has 1 aliphatic heterocycles. The summed E-state index contributed by atoms with van der Waals surface area (Å²) in [4.78, 5) is 21.3. The molecule has 2 heterocycles. The molecule has 0 radical (unpaired) electrons. The number of aromatic nitrogens is 1. The van der Waals surface area contributed by atoms with E-state index in [1.807, 2.05) is 57.0 Å². The first-order valence-corrected chi connectivity index (χ1v) is 12.5. The van der Waals surface area contributed by atoms with Crippen molar-refractivity contribution in [1.82, 2.24) is 15.2 Å². The van der Waals surface area contributed by atoms with Crippen molar-refractivity contribution >= 4 is 29.0 Å². The van der Waals surface area contributed by atoms with Gasteiger partial charge in [0.05, 0.1) is 16.7 Å². The van der Waals surface area contributed by atoms with E-state index in [1.54, 1.807) is 11.3 Å². The van der Waals surface area contributed by atoms with Gasteiger partial charge in [0.1, 0.15) is 5.60 Å². The lowest BCUT2D eigenvalue weighted by Gasteiger charge is -2.36. The number of amides is 1. The summed E-state index contributed by atoms with van der Waals surface area (Å²) >= 11 is 7.89. The SMILES string of the molecule is CNCC(C)(C)CCc1nc2c(s1)CCN(C(=O)OC(C)(C)C)C2Cc1ccc(Cl)cc1. The Morgan fingerprint density at radius 1 is 1.25 bits per heavy atom. The van der Waals surface area contributed by atoms with Gasteiger partial charge in [-0.05, 0) is 76.7 Å². The number of nitrogens with one attached hydrogen (secondary N) is 1. The van der Waals surface area contributed by atoms with Gasteiger partial charge in [0.25, 0.3) is 0 Å². The molecule has 0 fully saturated rings. The third kappa shape index (κ3) is 6.69. The molecule has 1 atom stereocenters.